The molecule has 0 fully saturated rings. The number of furan rings is 1. The van der Waals surface area contributed by atoms with E-state index in [4.69, 9.17) is 9.62 Å². The highest BCUT2D eigenvalue weighted by atomic mass is 32.1. The highest BCUT2D eigenvalue weighted by molar-refractivity contribution is 7.12. The Kier molecular flexibility index (Phi) is 4.01. The van der Waals surface area contributed by atoms with Crippen molar-refractivity contribution in [3.8, 4) is 0 Å². The monoisotopic (exact) mass is 278 g/mol. The van der Waals surface area contributed by atoms with Gasteiger partial charge >= 0.3 is 0 Å². The number of hydrogen-bond acceptors (Lipinski definition) is 5. The Labute approximate surface area is 114 Å². The quantitative estimate of drug-likeness (QED) is 0.307. The number of nitrogens with zero attached hydrogens (tertiary/aromatic N) is 2. The third-order valence-corrected chi connectivity index (χ3v) is 3.82. The maximum atomic E-state index is 12.3. The minimum Gasteiger partial charge on any atom is -0.623 e. The fraction of sp³-hybridized carbons (Fsp3) is 0.231. The fourth-order valence-corrected chi connectivity index (χ4v) is 2.48. The van der Waals surface area contributed by atoms with E-state index in [0.717, 1.165) is 9.62 Å². The van der Waals surface area contributed by atoms with E-state index < -0.39 is 6.04 Å². The van der Waals surface area contributed by atoms with E-state index in [1.54, 1.807) is 26.0 Å². The summed E-state index contributed by atoms with van der Waals surface area (Å²) >= 11 is 1.49. The summed E-state index contributed by atoms with van der Waals surface area (Å²) in [6, 6.07) is 6.45. The van der Waals surface area contributed by atoms with Crippen LogP contribution in [-0.2, 0) is 0 Å². The van der Waals surface area contributed by atoms with E-state index in [1.807, 2.05) is 17.5 Å². The van der Waals surface area contributed by atoms with Gasteiger partial charge < -0.3 is 14.8 Å². The number of oxime groups is 1. The van der Waals surface area contributed by atoms with Gasteiger partial charge in [-0.25, -0.2) is 0 Å². The molecule has 0 amide bonds. The van der Waals surface area contributed by atoms with Crippen molar-refractivity contribution in [1.29, 1.82) is 0 Å². The van der Waals surface area contributed by atoms with Crippen molar-refractivity contribution in [3.05, 3.63) is 51.8 Å². The zero-order chi connectivity index (χ0) is 13.8. The highest BCUT2D eigenvalue weighted by Gasteiger charge is 2.25. The van der Waals surface area contributed by atoms with Crippen LogP contribution in [0, 0.1) is 5.21 Å². The predicted molar refractivity (Wildman–Crippen MR) is 74.2 cm³/mol. The summed E-state index contributed by atoms with van der Waals surface area (Å²) in [7, 11) is 0. The Hall–Kier alpha value is -2.08. The molecule has 2 aromatic rings. The molecule has 0 aliphatic carbocycles. The van der Waals surface area contributed by atoms with Gasteiger partial charge in [-0.3, -0.25) is 0 Å². The molecule has 2 aromatic heterocycles. The first-order valence-corrected chi connectivity index (χ1v) is 6.62. The lowest BCUT2D eigenvalue weighted by molar-refractivity contribution is -0.476. The van der Waals surface area contributed by atoms with Gasteiger partial charge in [0.1, 0.15) is 0 Å². The average Bonchev–Trinajstić information content (AvgIpc) is 3.10. The Morgan fingerprint density at radius 1 is 1.47 bits per heavy atom. The molecule has 100 valence electrons. The molecule has 1 N–H and O–H groups in total. The van der Waals surface area contributed by atoms with E-state index in [2.05, 4.69) is 5.16 Å². The van der Waals surface area contributed by atoms with Gasteiger partial charge in [0, 0.05) is 13.8 Å². The lowest BCUT2D eigenvalue weighted by Crippen LogP contribution is -2.32. The molecule has 0 aliphatic rings. The zero-order valence-corrected chi connectivity index (χ0v) is 11.4. The lowest BCUT2D eigenvalue weighted by Gasteiger charge is -2.14. The second kappa shape index (κ2) is 5.71. The first kappa shape index (κ1) is 13.4. The van der Waals surface area contributed by atoms with Crippen molar-refractivity contribution in [2.24, 2.45) is 5.16 Å². The van der Waals surface area contributed by atoms with Crippen molar-refractivity contribution in [2.45, 2.75) is 19.9 Å². The molecule has 0 spiro atoms. The first-order chi connectivity index (χ1) is 9.15. The highest BCUT2D eigenvalue weighted by Crippen LogP contribution is 2.13. The summed E-state index contributed by atoms with van der Waals surface area (Å²) in [6.45, 7) is 3.41. The molecular formula is C13H14N2O3S. The molecule has 1 atom stereocenters. The van der Waals surface area contributed by atoms with Gasteiger partial charge in [-0.2, -0.15) is 4.74 Å². The molecule has 0 aromatic carbocycles. The molecule has 19 heavy (non-hydrogen) atoms. The smallest absolute Gasteiger partial charge is 0.209 e. The maximum absolute atomic E-state index is 12.3. The predicted octanol–water partition coefficient (Wildman–Crippen LogP) is 2.93. The summed E-state index contributed by atoms with van der Waals surface area (Å²) < 4.78 is 5.99. The molecule has 0 aliphatic heterocycles. The first-order valence-electron chi connectivity index (χ1n) is 5.74. The van der Waals surface area contributed by atoms with E-state index in [9.17, 15) is 5.21 Å². The molecule has 6 heteroatoms. The second-order valence-corrected chi connectivity index (χ2v) is 4.97. The Bertz CT molecular complexity index is 585. The van der Waals surface area contributed by atoms with Crippen LogP contribution < -0.4 is 0 Å². The molecule has 0 radical (unpaired) electrons. The normalized spacial score (nSPS) is 15.2. The molecule has 1 unspecified atom stereocenters. The van der Waals surface area contributed by atoms with Crippen LogP contribution in [0.25, 0.3) is 0 Å². The molecule has 5 nitrogen and oxygen atoms in total. The summed E-state index contributed by atoms with van der Waals surface area (Å²) in [5, 5.41) is 26.5. The fourth-order valence-electron chi connectivity index (χ4n) is 1.76. The van der Waals surface area contributed by atoms with Crippen molar-refractivity contribution in [3.63, 3.8) is 0 Å². The molecule has 0 bridgehead atoms. The largest absolute Gasteiger partial charge is 0.623 e. The van der Waals surface area contributed by atoms with Crippen LogP contribution in [0.4, 0.5) is 0 Å². The molecular weight excluding hydrogens is 264 g/mol. The van der Waals surface area contributed by atoms with Crippen LogP contribution in [0.3, 0.4) is 0 Å². The number of rotatable bonds is 4. The number of hydroxylamine groups is 1. The van der Waals surface area contributed by atoms with Gasteiger partial charge in [-0.05, 0) is 23.6 Å². The van der Waals surface area contributed by atoms with Crippen LogP contribution in [-0.4, -0.2) is 27.4 Å². The van der Waals surface area contributed by atoms with Crippen LogP contribution in [0.2, 0.25) is 0 Å². The van der Waals surface area contributed by atoms with Gasteiger partial charge in [0.2, 0.25) is 11.8 Å². The number of thiophene rings is 1. The lowest BCUT2D eigenvalue weighted by atomic mass is 10.1. The minimum absolute atomic E-state index is 0.205. The third kappa shape index (κ3) is 2.68. The summed E-state index contributed by atoms with van der Waals surface area (Å²) in [4.78, 5) is 0.888. The van der Waals surface area contributed by atoms with Crippen molar-refractivity contribution >= 4 is 22.8 Å². The Morgan fingerprint density at radius 3 is 2.79 bits per heavy atom. The molecule has 0 saturated carbocycles. The van der Waals surface area contributed by atoms with Crippen molar-refractivity contribution in [1.82, 2.24) is 0 Å². The SMILES string of the molecule is CC(c1cccs1)=[N+]([O-])C(C)C(=NO)c1ccco1. The van der Waals surface area contributed by atoms with E-state index in [0.29, 0.717) is 11.5 Å². The van der Waals surface area contributed by atoms with Crippen LogP contribution in [0.5, 0.6) is 0 Å². The van der Waals surface area contributed by atoms with Gasteiger partial charge in [0.15, 0.2) is 11.5 Å². The standard InChI is InChI=1S/C13H14N2O3S/c1-9(12-6-4-8-19-12)15(17)10(2)13(14-16)11-5-3-7-18-11/h3-8,10,16H,1-2H3. The second-order valence-electron chi connectivity index (χ2n) is 4.03. The van der Waals surface area contributed by atoms with Crippen molar-refractivity contribution in [2.75, 3.05) is 0 Å². The van der Waals surface area contributed by atoms with E-state index in [1.165, 1.54) is 17.6 Å². The number of hydrogen-bond donors (Lipinski definition) is 1. The van der Waals surface area contributed by atoms with Crippen LogP contribution in [0.1, 0.15) is 24.5 Å². The van der Waals surface area contributed by atoms with Gasteiger partial charge in [-0.1, -0.05) is 11.2 Å². The topological polar surface area (TPSA) is 71.8 Å². The third-order valence-electron chi connectivity index (χ3n) is 2.84. The van der Waals surface area contributed by atoms with Gasteiger partial charge in [-0.15, -0.1) is 11.3 Å². The van der Waals surface area contributed by atoms with E-state index in [-0.39, 0.29) is 5.71 Å². The minimum atomic E-state index is -0.641. The van der Waals surface area contributed by atoms with Crippen LogP contribution >= 0.6 is 11.3 Å². The Balaban J connectivity index is 2.33. The van der Waals surface area contributed by atoms with Crippen molar-refractivity contribution < 1.29 is 14.4 Å². The summed E-state index contributed by atoms with van der Waals surface area (Å²) in [5.74, 6) is 0.384. The van der Waals surface area contributed by atoms with Gasteiger partial charge in [0.05, 0.1) is 11.1 Å². The molecule has 0 saturated heterocycles. The summed E-state index contributed by atoms with van der Waals surface area (Å²) in [5.41, 5.74) is 0.783. The maximum Gasteiger partial charge on any atom is 0.209 e. The molecule has 2 heterocycles. The Morgan fingerprint density at radius 2 is 2.26 bits per heavy atom. The molecule has 2 rings (SSSR count). The van der Waals surface area contributed by atoms with Crippen LogP contribution in [0.15, 0.2) is 45.5 Å². The summed E-state index contributed by atoms with van der Waals surface area (Å²) in [6.07, 6.45) is 1.47. The average molecular weight is 278 g/mol. The zero-order valence-electron chi connectivity index (χ0n) is 10.6. The van der Waals surface area contributed by atoms with Gasteiger partial charge in [0.25, 0.3) is 0 Å². The van der Waals surface area contributed by atoms with E-state index >= 15 is 0 Å².